The standard InChI is InChI=1S/C15H15N5O2S2/c1-10-9-12(21)20-14(16-10)24-15(17-20)19-6-4-18(5-7-19)13(22)11-3-2-8-23-11/h2-3,8-9H,4-7H2,1H3. The molecule has 0 unspecified atom stereocenters. The molecule has 4 rings (SSSR count). The van der Waals surface area contributed by atoms with Gasteiger partial charge in [0.15, 0.2) is 0 Å². The van der Waals surface area contributed by atoms with Gasteiger partial charge in [-0.05, 0) is 18.4 Å². The van der Waals surface area contributed by atoms with Gasteiger partial charge >= 0.3 is 0 Å². The van der Waals surface area contributed by atoms with Crippen LogP contribution in [0.1, 0.15) is 15.4 Å². The molecule has 0 atom stereocenters. The van der Waals surface area contributed by atoms with Crippen LogP contribution >= 0.6 is 22.7 Å². The van der Waals surface area contributed by atoms with E-state index >= 15 is 0 Å². The van der Waals surface area contributed by atoms with Crippen molar-refractivity contribution in [2.75, 3.05) is 31.1 Å². The van der Waals surface area contributed by atoms with E-state index < -0.39 is 0 Å². The van der Waals surface area contributed by atoms with E-state index in [1.807, 2.05) is 22.4 Å². The largest absolute Gasteiger partial charge is 0.343 e. The molecule has 0 spiro atoms. The summed E-state index contributed by atoms with van der Waals surface area (Å²) in [6, 6.07) is 5.23. The molecule has 4 heterocycles. The smallest absolute Gasteiger partial charge is 0.275 e. The van der Waals surface area contributed by atoms with Crippen molar-refractivity contribution in [1.29, 1.82) is 0 Å². The molecule has 24 heavy (non-hydrogen) atoms. The van der Waals surface area contributed by atoms with Crippen molar-refractivity contribution in [2.45, 2.75) is 6.92 Å². The van der Waals surface area contributed by atoms with Crippen LogP contribution in [0.25, 0.3) is 4.96 Å². The van der Waals surface area contributed by atoms with Gasteiger partial charge in [0.2, 0.25) is 10.1 Å². The summed E-state index contributed by atoms with van der Waals surface area (Å²) in [5.74, 6) is 0.0856. The molecule has 0 aliphatic carbocycles. The number of rotatable bonds is 2. The minimum atomic E-state index is -0.161. The van der Waals surface area contributed by atoms with Gasteiger partial charge in [-0.15, -0.1) is 16.4 Å². The number of anilines is 1. The van der Waals surface area contributed by atoms with Gasteiger partial charge in [-0.25, -0.2) is 4.98 Å². The average molecular weight is 361 g/mol. The zero-order valence-electron chi connectivity index (χ0n) is 13.0. The topological polar surface area (TPSA) is 70.8 Å². The third-order valence-electron chi connectivity index (χ3n) is 3.93. The van der Waals surface area contributed by atoms with Gasteiger partial charge in [-0.3, -0.25) is 9.59 Å². The van der Waals surface area contributed by atoms with E-state index in [-0.39, 0.29) is 11.5 Å². The number of amides is 1. The molecule has 1 saturated heterocycles. The number of hydrogen-bond acceptors (Lipinski definition) is 7. The number of fused-ring (bicyclic) bond motifs is 1. The van der Waals surface area contributed by atoms with Crippen molar-refractivity contribution in [3.05, 3.63) is 44.5 Å². The van der Waals surface area contributed by atoms with E-state index in [4.69, 9.17) is 0 Å². The van der Waals surface area contributed by atoms with E-state index in [2.05, 4.69) is 15.0 Å². The minimum absolute atomic E-state index is 0.0856. The number of thiophene rings is 1. The lowest BCUT2D eigenvalue weighted by Crippen LogP contribution is -2.48. The first kappa shape index (κ1) is 15.3. The molecule has 1 aliphatic rings. The SMILES string of the molecule is Cc1cc(=O)n2nc(N3CCN(C(=O)c4cccs4)CC3)sc2n1. The Morgan fingerprint density at radius 1 is 1.25 bits per heavy atom. The first-order valence-corrected chi connectivity index (χ1v) is 9.27. The zero-order valence-corrected chi connectivity index (χ0v) is 14.6. The van der Waals surface area contributed by atoms with Crippen molar-refractivity contribution in [2.24, 2.45) is 0 Å². The van der Waals surface area contributed by atoms with Crippen molar-refractivity contribution < 1.29 is 4.79 Å². The maximum Gasteiger partial charge on any atom is 0.275 e. The summed E-state index contributed by atoms with van der Waals surface area (Å²) in [5, 5.41) is 7.07. The maximum atomic E-state index is 12.4. The highest BCUT2D eigenvalue weighted by molar-refractivity contribution is 7.20. The molecule has 0 saturated carbocycles. The van der Waals surface area contributed by atoms with Crippen molar-refractivity contribution in [1.82, 2.24) is 19.5 Å². The monoisotopic (exact) mass is 361 g/mol. The second-order valence-electron chi connectivity index (χ2n) is 5.57. The molecular formula is C15H15N5O2S2. The van der Waals surface area contributed by atoms with Crippen LogP contribution in [0.5, 0.6) is 0 Å². The Bertz CT molecular complexity index is 939. The molecule has 3 aromatic rings. The summed E-state index contributed by atoms with van der Waals surface area (Å²) in [5.41, 5.74) is 0.535. The molecule has 7 nitrogen and oxygen atoms in total. The number of carbonyl (C=O) groups is 1. The second-order valence-corrected chi connectivity index (χ2v) is 7.45. The predicted octanol–water partition coefficient (Wildman–Crippen LogP) is 1.48. The second kappa shape index (κ2) is 5.99. The lowest BCUT2D eigenvalue weighted by Gasteiger charge is -2.34. The Balaban J connectivity index is 1.51. The highest BCUT2D eigenvalue weighted by Gasteiger charge is 2.24. The van der Waals surface area contributed by atoms with Crippen LogP contribution in [-0.4, -0.2) is 51.6 Å². The number of hydrogen-bond donors (Lipinski definition) is 0. The summed E-state index contributed by atoms with van der Waals surface area (Å²) in [4.78, 5) is 34.0. The van der Waals surface area contributed by atoms with Crippen LogP contribution in [0, 0.1) is 6.92 Å². The van der Waals surface area contributed by atoms with Crippen molar-refractivity contribution in [3.63, 3.8) is 0 Å². The maximum absolute atomic E-state index is 12.4. The summed E-state index contributed by atoms with van der Waals surface area (Å²) in [6.45, 7) is 4.49. The van der Waals surface area contributed by atoms with Crippen molar-refractivity contribution >= 4 is 38.7 Å². The van der Waals surface area contributed by atoms with E-state index in [1.54, 1.807) is 6.92 Å². The predicted molar refractivity (Wildman–Crippen MR) is 94.3 cm³/mol. The Morgan fingerprint density at radius 3 is 2.75 bits per heavy atom. The van der Waals surface area contributed by atoms with Gasteiger partial charge < -0.3 is 9.80 Å². The van der Waals surface area contributed by atoms with Gasteiger partial charge in [-0.2, -0.15) is 4.52 Å². The van der Waals surface area contributed by atoms with Crippen LogP contribution in [0.2, 0.25) is 0 Å². The third-order valence-corrected chi connectivity index (χ3v) is 5.76. The van der Waals surface area contributed by atoms with Crippen LogP contribution in [0.4, 0.5) is 5.13 Å². The van der Waals surface area contributed by atoms with Crippen LogP contribution < -0.4 is 10.5 Å². The molecule has 1 aliphatic heterocycles. The normalized spacial score (nSPS) is 15.2. The third kappa shape index (κ3) is 2.69. The molecule has 0 radical (unpaired) electrons. The van der Waals surface area contributed by atoms with E-state index in [9.17, 15) is 9.59 Å². The summed E-state index contributed by atoms with van der Waals surface area (Å²) in [7, 11) is 0. The van der Waals surface area contributed by atoms with E-state index in [1.165, 1.54) is 33.3 Å². The number of aryl methyl sites for hydroxylation is 1. The summed E-state index contributed by atoms with van der Waals surface area (Å²) < 4.78 is 1.34. The summed E-state index contributed by atoms with van der Waals surface area (Å²) in [6.07, 6.45) is 0. The zero-order chi connectivity index (χ0) is 16.7. The van der Waals surface area contributed by atoms with E-state index in [0.29, 0.717) is 36.8 Å². The first-order valence-electron chi connectivity index (χ1n) is 7.57. The van der Waals surface area contributed by atoms with Crippen LogP contribution in [0.15, 0.2) is 28.4 Å². The molecular weight excluding hydrogens is 346 g/mol. The fourth-order valence-corrected chi connectivity index (χ4v) is 4.39. The molecule has 1 amide bonds. The van der Waals surface area contributed by atoms with Crippen LogP contribution in [0.3, 0.4) is 0 Å². The Labute approximate surface area is 145 Å². The van der Waals surface area contributed by atoms with Gasteiger partial charge in [0.25, 0.3) is 11.5 Å². The lowest BCUT2D eigenvalue weighted by atomic mass is 10.3. The highest BCUT2D eigenvalue weighted by Crippen LogP contribution is 2.23. The fraction of sp³-hybridized carbons (Fsp3) is 0.333. The van der Waals surface area contributed by atoms with Gasteiger partial charge in [0.05, 0.1) is 4.88 Å². The quantitative estimate of drug-likeness (QED) is 0.691. The number of nitrogens with zero attached hydrogens (tertiary/aromatic N) is 5. The fourth-order valence-electron chi connectivity index (χ4n) is 2.70. The number of carbonyl (C=O) groups excluding carboxylic acids is 1. The Kier molecular flexibility index (Phi) is 3.81. The lowest BCUT2D eigenvalue weighted by molar-refractivity contribution is 0.0751. The van der Waals surface area contributed by atoms with Gasteiger partial charge in [-0.1, -0.05) is 17.4 Å². The molecule has 1 fully saturated rings. The molecule has 0 N–H and O–H groups in total. The van der Waals surface area contributed by atoms with Gasteiger partial charge in [0.1, 0.15) is 0 Å². The Hall–Kier alpha value is -2.26. The first-order chi connectivity index (χ1) is 11.6. The Morgan fingerprint density at radius 2 is 2.04 bits per heavy atom. The summed E-state index contributed by atoms with van der Waals surface area (Å²) >= 11 is 2.87. The molecule has 124 valence electrons. The molecule has 3 aromatic heterocycles. The molecule has 9 heteroatoms. The van der Waals surface area contributed by atoms with Crippen molar-refractivity contribution in [3.8, 4) is 0 Å². The van der Waals surface area contributed by atoms with E-state index in [0.717, 1.165) is 10.0 Å². The minimum Gasteiger partial charge on any atom is -0.343 e. The highest BCUT2D eigenvalue weighted by atomic mass is 32.1. The van der Waals surface area contributed by atoms with Gasteiger partial charge in [0, 0.05) is 37.9 Å². The average Bonchev–Trinajstić information content (AvgIpc) is 3.24. The number of aromatic nitrogens is 3. The van der Waals surface area contributed by atoms with Crippen LogP contribution in [-0.2, 0) is 0 Å². The molecule has 0 bridgehead atoms. The number of piperazine rings is 1. The molecule has 0 aromatic carbocycles.